The summed E-state index contributed by atoms with van der Waals surface area (Å²) in [6.07, 6.45) is 2.00. The van der Waals surface area contributed by atoms with Crippen LogP contribution in [-0.2, 0) is 19.7 Å². The monoisotopic (exact) mass is 281 g/mol. The highest BCUT2D eigenvalue weighted by atomic mass is 28.4. The summed E-state index contributed by atoms with van der Waals surface area (Å²) in [7, 11) is -2.46. The van der Waals surface area contributed by atoms with Crippen molar-refractivity contribution < 1.29 is 13.3 Å². The molecule has 1 rings (SSSR count). The molecular formula is C15H25O3Si. The van der Waals surface area contributed by atoms with Crippen LogP contribution in [0, 0.1) is 6.07 Å². The fourth-order valence-corrected chi connectivity index (χ4v) is 4.69. The van der Waals surface area contributed by atoms with E-state index in [0.29, 0.717) is 19.8 Å². The average molecular weight is 281 g/mol. The van der Waals surface area contributed by atoms with Gasteiger partial charge in [0.1, 0.15) is 0 Å². The van der Waals surface area contributed by atoms with E-state index in [-0.39, 0.29) is 0 Å². The predicted molar refractivity (Wildman–Crippen MR) is 79.0 cm³/mol. The Balaban J connectivity index is 2.51. The molecule has 0 aliphatic carbocycles. The van der Waals surface area contributed by atoms with Gasteiger partial charge in [0.15, 0.2) is 0 Å². The Morgan fingerprint density at radius 3 is 2.11 bits per heavy atom. The van der Waals surface area contributed by atoms with Crippen molar-refractivity contribution in [2.45, 2.75) is 39.7 Å². The highest BCUT2D eigenvalue weighted by Crippen LogP contribution is 2.19. The third-order valence-electron chi connectivity index (χ3n) is 2.80. The van der Waals surface area contributed by atoms with Gasteiger partial charge in [0.05, 0.1) is 0 Å². The first-order chi connectivity index (χ1) is 9.26. The van der Waals surface area contributed by atoms with Gasteiger partial charge in [-0.3, -0.25) is 0 Å². The molecule has 0 saturated carbocycles. The van der Waals surface area contributed by atoms with Gasteiger partial charge in [-0.2, -0.15) is 0 Å². The lowest BCUT2D eigenvalue weighted by atomic mass is 10.1. The molecule has 0 amide bonds. The standard InChI is InChI=1S/C15H25O3Si/c1-4-16-19(17-5-2,18-6-3)14-10-13-15-11-8-7-9-12-15/h7-9,11H,4-6,10,13-14H2,1-3H3. The van der Waals surface area contributed by atoms with Crippen LogP contribution < -0.4 is 0 Å². The topological polar surface area (TPSA) is 27.7 Å². The molecule has 0 unspecified atom stereocenters. The number of rotatable bonds is 10. The summed E-state index contributed by atoms with van der Waals surface area (Å²) in [4.78, 5) is 0. The minimum atomic E-state index is -2.46. The van der Waals surface area contributed by atoms with E-state index < -0.39 is 8.80 Å². The highest BCUT2D eigenvalue weighted by Gasteiger charge is 2.39. The van der Waals surface area contributed by atoms with Crippen LogP contribution in [0.15, 0.2) is 24.3 Å². The van der Waals surface area contributed by atoms with Crippen molar-refractivity contribution in [3.8, 4) is 0 Å². The Hall–Kier alpha value is -0.683. The Kier molecular flexibility index (Phi) is 7.98. The number of hydrogen-bond acceptors (Lipinski definition) is 3. The molecule has 1 aromatic carbocycles. The second-order valence-corrected chi connectivity index (χ2v) is 6.96. The summed E-state index contributed by atoms with van der Waals surface area (Å²) in [6.45, 7) is 7.90. The lowest BCUT2D eigenvalue weighted by molar-refractivity contribution is 0.0708. The summed E-state index contributed by atoms with van der Waals surface area (Å²) in [5.74, 6) is 0. The summed E-state index contributed by atoms with van der Waals surface area (Å²) >= 11 is 0. The van der Waals surface area contributed by atoms with Crippen LogP contribution in [0.25, 0.3) is 0 Å². The first-order valence-electron chi connectivity index (χ1n) is 7.13. The minimum Gasteiger partial charge on any atom is -0.374 e. The minimum absolute atomic E-state index is 0.643. The second kappa shape index (κ2) is 9.26. The van der Waals surface area contributed by atoms with Crippen LogP contribution in [0.1, 0.15) is 32.8 Å². The fourth-order valence-electron chi connectivity index (χ4n) is 2.08. The van der Waals surface area contributed by atoms with E-state index in [1.807, 2.05) is 39.0 Å². The Morgan fingerprint density at radius 2 is 1.63 bits per heavy atom. The summed E-state index contributed by atoms with van der Waals surface area (Å²) in [5, 5.41) is 0. The molecule has 4 heteroatoms. The molecule has 0 spiro atoms. The van der Waals surface area contributed by atoms with Gasteiger partial charge in [0.25, 0.3) is 0 Å². The van der Waals surface area contributed by atoms with Crippen molar-refractivity contribution in [2.75, 3.05) is 19.8 Å². The van der Waals surface area contributed by atoms with Crippen molar-refractivity contribution in [1.29, 1.82) is 0 Å². The van der Waals surface area contributed by atoms with E-state index in [1.165, 1.54) is 5.56 Å². The molecule has 107 valence electrons. The molecule has 0 saturated heterocycles. The van der Waals surface area contributed by atoms with E-state index in [0.717, 1.165) is 18.9 Å². The number of benzene rings is 1. The molecule has 0 bridgehead atoms. The van der Waals surface area contributed by atoms with Gasteiger partial charge in [-0.05, 0) is 45.2 Å². The zero-order valence-corrected chi connectivity index (χ0v) is 13.3. The van der Waals surface area contributed by atoms with E-state index in [2.05, 4.69) is 12.1 Å². The SMILES string of the molecule is CCO[Si](CCCc1[c]cccc1)(OCC)OCC. The molecule has 0 aliphatic rings. The highest BCUT2D eigenvalue weighted by molar-refractivity contribution is 6.60. The summed E-state index contributed by atoms with van der Waals surface area (Å²) in [5.41, 5.74) is 1.23. The van der Waals surface area contributed by atoms with Gasteiger partial charge in [0, 0.05) is 25.9 Å². The van der Waals surface area contributed by atoms with Crippen LogP contribution in [0.2, 0.25) is 6.04 Å². The lowest BCUT2D eigenvalue weighted by Gasteiger charge is -2.28. The summed E-state index contributed by atoms with van der Waals surface area (Å²) in [6, 6.07) is 12.2. The normalized spacial score (nSPS) is 11.7. The molecule has 0 atom stereocenters. The molecule has 3 nitrogen and oxygen atoms in total. The Morgan fingerprint density at radius 1 is 1.00 bits per heavy atom. The van der Waals surface area contributed by atoms with Crippen LogP contribution in [0.3, 0.4) is 0 Å². The van der Waals surface area contributed by atoms with Gasteiger partial charge in [-0.25, -0.2) is 0 Å². The maximum Gasteiger partial charge on any atom is 0.500 e. The molecule has 0 fully saturated rings. The first-order valence-corrected chi connectivity index (χ1v) is 9.07. The van der Waals surface area contributed by atoms with Crippen LogP contribution >= 0.6 is 0 Å². The number of aryl methyl sites for hydroxylation is 1. The zero-order valence-electron chi connectivity index (χ0n) is 12.3. The third-order valence-corrected chi connectivity index (χ3v) is 5.95. The van der Waals surface area contributed by atoms with Crippen molar-refractivity contribution in [1.82, 2.24) is 0 Å². The molecule has 1 radical (unpaired) electrons. The zero-order chi connectivity index (χ0) is 14.0. The van der Waals surface area contributed by atoms with Crippen molar-refractivity contribution in [2.24, 2.45) is 0 Å². The van der Waals surface area contributed by atoms with E-state index in [4.69, 9.17) is 13.3 Å². The average Bonchev–Trinajstić information content (AvgIpc) is 2.41. The maximum atomic E-state index is 5.83. The molecule has 0 aromatic heterocycles. The van der Waals surface area contributed by atoms with Crippen LogP contribution in [0.4, 0.5) is 0 Å². The van der Waals surface area contributed by atoms with Gasteiger partial charge in [-0.15, -0.1) is 0 Å². The van der Waals surface area contributed by atoms with E-state index in [9.17, 15) is 0 Å². The van der Waals surface area contributed by atoms with Gasteiger partial charge >= 0.3 is 8.80 Å². The van der Waals surface area contributed by atoms with Crippen molar-refractivity contribution >= 4 is 8.80 Å². The van der Waals surface area contributed by atoms with Crippen LogP contribution in [0.5, 0.6) is 0 Å². The molecule has 19 heavy (non-hydrogen) atoms. The Labute approximate surface area is 118 Å². The van der Waals surface area contributed by atoms with E-state index >= 15 is 0 Å². The van der Waals surface area contributed by atoms with E-state index in [1.54, 1.807) is 0 Å². The van der Waals surface area contributed by atoms with Gasteiger partial charge in [-0.1, -0.05) is 24.3 Å². The second-order valence-electron chi connectivity index (χ2n) is 4.22. The van der Waals surface area contributed by atoms with Gasteiger partial charge in [0.2, 0.25) is 0 Å². The molecule has 0 aliphatic heterocycles. The quantitative estimate of drug-likeness (QED) is 0.615. The first kappa shape index (κ1) is 16.4. The Bertz CT molecular complexity index is 312. The molecule has 0 heterocycles. The van der Waals surface area contributed by atoms with Crippen molar-refractivity contribution in [3.63, 3.8) is 0 Å². The number of hydrogen-bond donors (Lipinski definition) is 0. The van der Waals surface area contributed by atoms with Crippen LogP contribution in [-0.4, -0.2) is 28.6 Å². The van der Waals surface area contributed by atoms with Gasteiger partial charge < -0.3 is 13.3 Å². The van der Waals surface area contributed by atoms with Crippen molar-refractivity contribution in [3.05, 3.63) is 35.9 Å². The smallest absolute Gasteiger partial charge is 0.374 e. The molecular weight excluding hydrogens is 256 g/mol. The molecule has 0 N–H and O–H groups in total. The molecule has 1 aromatic rings. The summed E-state index contributed by atoms with van der Waals surface area (Å²) < 4.78 is 17.5. The third kappa shape index (κ3) is 5.87. The maximum absolute atomic E-state index is 5.83. The lowest BCUT2D eigenvalue weighted by Crippen LogP contribution is -2.46. The predicted octanol–water partition coefficient (Wildman–Crippen LogP) is 3.47. The largest absolute Gasteiger partial charge is 0.500 e. The fraction of sp³-hybridized carbons (Fsp3) is 0.600.